The van der Waals surface area contributed by atoms with E-state index >= 15 is 0 Å². The van der Waals surface area contributed by atoms with Gasteiger partial charge in [0, 0.05) is 12.3 Å². The third-order valence-corrected chi connectivity index (χ3v) is 3.48. The van der Waals surface area contributed by atoms with Crippen LogP contribution in [0.5, 0.6) is 5.75 Å². The highest BCUT2D eigenvalue weighted by Gasteiger charge is 2.15. The summed E-state index contributed by atoms with van der Waals surface area (Å²) >= 11 is 0. The maximum absolute atomic E-state index is 12.0. The summed E-state index contributed by atoms with van der Waals surface area (Å²) < 4.78 is 31.3. The van der Waals surface area contributed by atoms with Gasteiger partial charge in [-0.2, -0.15) is 5.10 Å². The Balaban J connectivity index is 2.31. The Labute approximate surface area is 98.7 Å². The van der Waals surface area contributed by atoms with E-state index in [0.717, 1.165) is 0 Å². The standard InChI is InChI=1S/C10H11N3O3S/c1-16-9-3-2-4-10(5-9)17(14,15)13-8-6-11-12-7-8/h2-7,13H,1H3,(H,11,12). The Morgan fingerprint density at radius 2 is 2.24 bits per heavy atom. The molecule has 0 spiro atoms. The fourth-order valence-electron chi connectivity index (χ4n) is 1.29. The van der Waals surface area contributed by atoms with E-state index in [1.807, 2.05) is 0 Å². The summed E-state index contributed by atoms with van der Waals surface area (Å²) in [5.41, 5.74) is 0.382. The van der Waals surface area contributed by atoms with Crippen LogP contribution in [0.1, 0.15) is 0 Å². The van der Waals surface area contributed by atoms with Gasteiger partial charge < -0.3 is 4.74 Å². The summed E-state index contributed by atoms with van der Waals surface area (Å²) in [5, 5.41) is 6.18. The summed E-state index contributed by atoms with van der Waals surface area (Å²) in [7, 11) is -2.12. The normalized spacial score (nSPS) is 11.1. The van der Waals surface area contributed by atoms with Gasteiger partial charge in [-0.05, 0) is 12.1 Å². The van der Waals surface area contributed by atoms with Crippen molar-refractivity contribution in [2.75, 3.05) is 11.8 Å². The number of methoxy groups -OCH3 is 1. The summed E-state index contributed by atoms with van der Waals surface area (Å²) in [6.07, 6.45) is 2.84. The minimum atomic E-state index is -3.61. The fourth-order valence-corrected chi connectivity index (χ4v) is 2.36. The quantitative estimate of drug-likeness (QED) is 0.858. The highest BCUT2D eigenvalue weighted by molar-refractivity contribution is 7.92. The number of sulfonamides is 1. The van der Waals surface area contributed by atoms with E-state index in [1.165, 1.54) is 31.6 Å². The van der Waals surface area contributed by atoms with E-state index in [9.17, 15) is 8.42 Å². The molecule has 2 rings (SSSR count). The molecule has 0 unspecified atom stereocenters. The maximum atomic E-state index is 12.0. The van der Waals surface area contributed by atoms with Crippen molar-refractivity contribution < 1.29 is 13.2 Å². The third-order valence-electron chi connectivity index (χ3n) is 2.10. The number of nitrogens with one attached hydrogen (secondary N) is 2. The van der Waals surface area contributed by atoms with Gasteiger partial charge in [0.25, 0.3) is 10.0 Å². The van der Waals surface area contributed by atoms with Crippen LogP contribution < -0.4 is 9.46 Å². The fraction of sp³-hybridized carbons (Fsp3) is 0.100. The van der Waals surface area contributed by atoms with Gasteiger partial charge >= 0.3 is 0 Å². The highest BCUT2D eigenvalue weighted by Crippen LogP contribution is 2.19. The van der Waals surface area contributed by atoms with E-state index in [1.54, 1.807) is 12.1 Å². The number of rotatable bonds is 4. The Kier molecular flexibility index (Phi) is 3.01. The average Bonchev–Trinajstić information content (AvgIpc) is 2.81. The van der Waals surface area contributed by atoms with Crippen LogP contribution in [0, 0.1) is 0 Å². The van der Waals surface area contributed by atoms with Crippen molar-refractivity contribution >= 4 is 15.7 Å². The predicted octanol–water partition coefficient (Wildman–Crippen LogP) is 1.22. The number of aromatic nitrogens is 2. The summed E-state index contributed by atoms with van der Waals surface area (Å²) in [6, 6.07) is 6.23. The molecule has 2 N–H and O–H groups in total. The number of H-pyrrole nitrogens is 1. The molecule has 0 atom stereocenters. The minimum Gasteiger partial charge on any atom is -0.497 e. The van der Waals surface area contributed by atoms with E-state index in [0.29, 0.717) is 11.4 Å². The Bertz CT molecular complexity index is 593. The molecule has 7 heteroatoms. The number of benzene rings is 1. The van der Waals surface area contributed by atoms with Crippen LogP contribution in [0.15, 0.2) is 41.6 Å². The molecule has 0 radical (unpaired) electrons. The predicted molar refractivity (Wildman–Crippen MR) is 62.4 cm³/mol. The molecule has 1 aromatic carbocycles. The summed E-state index contributed by atoms with van der Waals surface area (Å²) in [4.78, 5) is 0.137. The van der Waals surface area contributed by atoms with Gasteiger partial charge in [0.2, 0.25) is 0 Å². The van der Waals surface area contributed by atoms with Crippen LogP contribution in [0.2, 0.25) is 0 Å². The molecule has 0 fully saturated rings. The number of hydrogen-bond donors (Lipinski definition) is 2. The van der Waals surface area contributed by atoms with Crippen LogP contribution >= 0.6 is 0 Å². The molecule has 0 aliphatic rings. The second kappa shape index (κ2) is 4.46. The van der Waals surface area contributed by atoms with E-state index in [4.69, 9.17) is 4.74 Å². The van der Waals surface area contributed by atoms with E-state index < -0.39 is 10.0 Å². The molecule has 0 aliphatic carbocycles. The number of aromatic amines is 1. The van der Waals surface area contributed by atoms with Crippen LogP contribution in [0.3, 0.4) is 0 Å². The first-order valence-electron chi connectivity index (χ1n) is 4.77. The number of anilines is 1. The first-order valence-corrected chi connectivity index (χ1v) is 6.26. The topological polar surface area (TPSA) is 84.1 Å². The molecule has 0 saturated carbocycles. The van der Waals surface area contributed by atoms with Gasteiger partial charge in [0.05, 0.1) is 23.9 Å². The minimum absolute atomic E-state index is 0.137. The molecule has 17 heavy (non-hydrogen) atoms. The van der Waals surface area contributed by atoms with Crippen molar-refractivity contribution in [2.45, 2.75) is 4.90 Å². The largest absolute Gasteiger partial charge is 0.497 e. The van der Waals surface area contributed by atoms with Crippen LogP contribution in [0.4, 0.5) is 5.69 Å². The summed E-state index contributed by atoms with van der Waals surface area (Å²) in [6.45, 7) is 0. The molecule has 6 nitrogen and oxygen atoms in total. The lowest BCUT2D eigenvalue weighted by molar-refractivity contribution is 0.413. The Hall–Kier alpha value is -2.02. The van der Waals surface area contributed by atoms with Crippen LogP contribution in [0.25, 0.3) is 0 Å². The smallest absolute Gasteiger partial charge is 0.262 e. The third kappa shape index (κ3) is 2.56. The van der Waals surface area contributed by atoms with Crippen molar-refractivity contribution in [1.82, 2.24) is 10.2 Å². The molecule has 0 bridgehead atoms. The number of ether oxygens (including phenoxy) is 1. The zero-order valence-electron chi connectivity index (χ0n) is 9.04. The highest BCUT2D eigenvalue weighted by atomic mass is 32.2. The van der Waals surface area contributed by atoms with Crippen molar-refractivity contribution in [2.24, 2.45) is 0 Å². The van der Waals surface area contributed by atoms with Crippen LogP contribution in [-0.2, 0) is 10.0 Å². The summed E-state index contributed by atoms with van der Waals surface area (Å²) in [5.74, 6) is 0.486. The maximum Gasteiger partial charge on any atom is 0.262 e. The number of nitrogens with zero attached hydrogens (tertiary/aromatic N) is 1. The molecule has 0 aliphatic heterocycles. The molecule has 90 valence electrons. The monoisotopic (exact) mass is 253 g/mol. The molecule has 1 aromatic heterocycles. The number of hydrogen-bond acceptors (Lipinski definition) is 4. The molecular formula is C10H11N3O3S. The van der Waals surface area contributed by atoms with Gasteiger partial charge in [-0.25, -0.2) is 8.42 Å². The van der Waals surface area contributed by atoms with Gasteiger partial charge in [-0.15, -0.1) is 0 Å². The lowest BCUT2D eigenvalue weighted by Gasteiger charge is -2.07. The second-order valence-corrected chi connectivity index (χ2v) is 4.95. The van der Waals surface area contributed by atoms with Gasteiger partial charge in [-0.3, -0.25) is 9.82 Å². The van der Waals surface area contributed by atoms with Gasteiger partial charge in [0.1, 0.15) is 5.75 Å². The molecule has 2 aromatic rings. The van der Waals surface area contributed by atoms with E-state index in [-0.39, 0.29) is 4.90 Å². The molecule has 0 saturated heterocycles. The van der Waals surface area contributed by atoms with Crippen LogP contribution in [-0.4, -0.2) is 25.7 Å². The van der Waals surface area contributed by atoms with Gasteiger partial charge in [-0.1, -0.05) is 6.07 Å². The Morgan fingerprint density at radius 1 is 1.41 bits per heavy atom. The lowest BCUT2D eigenvalue weighted by Crippen LogP contribution is -2.12. The van der Waals surface area contributed by atoms with Crippen molar-refractivity contribution in [3.05, 3.63) is 36.7 Å². The van der Waals surface area contributed by atoms with Gasteiger partial charge in [0.15, 0.2) is 0 Å². The first kappa shape index (κ1) is 11.5. The molecule has 1 heterocycles. The second-order valence-electron chi connectivity index (χ2n) is 3.27. The zero-order valence-corrected chi connectivity index (χ0v) is 9.86. The first-order chi connectivity index (χ1) is 8.12. The Morgan fingerprint density at radius 3 is 2.88 bits per heavy atom. The van der Waals surface area contributed by atoms with E-state index in [2.05, 4.69) is 14.9 Å². The van der Waals surface area contributed by atoms with Crippen molar-refractivity contribution in [3.8, 4) is 5.75 Å². The SMILES string of the molecule is COc1cccc(S(=O)(=O)Nc2cn[nH]c2)c1. The zero-order chi connectivity index (χ0) is 12.3. The lowest BCUT2D eigenvalue weighted by atomic mass is 10.3. The average molecular weight is 253 g/mol. The van der Waals surface area contributed by atoms with Crippen molar-refractivity contribution in [3.63, 3.8) is 0 Å². The molecule has 0 amide bonds. The molecular weight excluding hydrogens is 242 g/mol. The van der Waals surface area contributed by atoms with Crippen molar-refractivity contribution in [1.29, 1.82) is 0 Å².